The lowest BCUT2D eigenvalue weighted by molar-refractivity contribution is -0.121. The maximum atomic E-state index is 13.6. The Bertz CT molecular complexity index is 2000. The number of benzene rings is 1. The van der Waals surface area contributed by atoms with Gasteiger partial charge in [0.05, 0.1) is 6.54 Å². The van der Waals surface area contributed by atoms with Gasteiger partial charge in [-0.25, -0.2) is 24.1 Å². The highest BCUT2D eigenvalue weighted by Gasteiger charge is 2.36. The van der Waals surface area contributed by atoms with Gasteiger partial charge in [-0.2, -0.15) is 4.98 Å². The van der Waals surface area contributed by atoms with Crippen molar-refractivity contribution in [1.29, 1.82) is 0 Å². The number of nitrogens with one attached hydrogen (secondary N) is 1. The van der Waals surface area contributed by atoms with Gasteiger partial charge in [-0.3, -0.25) is 14.5 Å². The molecule has 2 bridgehead atoms. The molecule has 7 rings (SSSR count). The molecular weight excluding hydrogens is 600 g/mol. The Kier molecular flexibility index (Phi) is 7.29. The summed E-state index contributed by atoms with van der Waals surface area (Å²) >= 11 is 0. The van der Waals surface area contributed by atoms with Crippen molar-refractivity contribution in [2.45, 2.75) is 71.6 Å². The third kappa shape index (κ3) is 5.70. The van der Waals surface area contributed by atoms with Crippen molar-refractivity contribution in [3.63, 3.8) is 0 Å². The summed E-state index contributed by atoms with van der Waals surface area (Å²) < 4.78 is 14.6. The minimum atomic E-state index is -0.592. The number of carbonyl (C=O) groups excluding carboxylic acids is 2. The molecule has 0 spiro atoms. The van der Waals surface area contributed by atoms with E-state index in [1.54, 1.807) is 31.3 Å². The maximum absolute atomic E-state index is 13.6. The van der Waals surface area contributed by atoms with Crippen molar-refractivity contribution >= 4 is 40.5 Å². The van der Waals surface area contributed by atoms with Gasteiger partial charge in [0.2, 0.25) is 5.95 Å². The average Bonchev–Trinajstić information content (AvgIpc) is 3.27. The molecule has 0 radical (unpaired) electrons. The van der Waals surface area contributed by atoms with E-state index in [1.807, 2.05) is 45.1 Å². The molecule has 3 aliphatic rings. The summed E-state index contributed by atoms with van der Waals surface area (Å²) in [6, 6.07) is 9.57. The Hall–Kier alpha value is -5.20. The molecule has 13 heteroatoms. The van der Waals surface area contributed by atoms with E-state index in [0.717, 1.165) is 29.7 Å². The SMILES string of the molecule is CC(C)(C)OC(=O)N1Cc2cc(Nc3ncc4c(=O)n5n(c4n3)-c3ccc4c(n3)N(CCC/C=C\C5)C(=O)CO4)ccc2C(C)(C)C1. The molecule has 1 N–H and O–H groups in total. The van der Waals surface area contributed by atoms with Gasteiger partial charge in [0.1, 0.15) is 11.0 Å². The fraction of sp³-hybridized carbons (Fsp3) is 0.412. The molecule has 3 aliphatic heterocycles. The molecule has 0 unspecified atom stereocenters. The van der Waals surface area contributed by atoms with Crippen molar-refractivity contribution < 1.29 is 19.1 Å². The summed E-state index contributed by atoms with van der Waals surface area (Å²) in [4.78, 5) is 56.9. The number of hydrogen-bond donors (Lipinski definition) is 1. The van der Waals surface area contributed by atoms with Crippen LogP contribution in [0.25, 0.3) is 16.9 Å². The van der Waals surface area contributed by atoms with Crippen LogP contribution in [0.2, 0.25) is 0 Å². The zero-order valence-electron chi connectivity index (χ0n) is 27.2. The summed E-state index contributed by atoms with van der Waals surface area (Å²) in [5.74, 6) is 1.50. The normalized spacial score (nSPS) is 17.9. The number of carbonyl (C=O) groups is 2. The standard InChI is InChI=1S/C34H38N8O5/c1-33(2,3)47-32(45)39-18-21-16-22(10-11-24(21)34(4,5)20-39)36-31-35-17-23-28(38-31)42-26-13-12-25-29(37-26)40(27(43)19-46-25)14-8-6-7-9-15-41(42)30(23)44/h7,9-13,16-17H,6,8,14-15,18-20H2,1-5H3,(H,35,36,38)/b9-7-. The fourth-order valence-corrected chi connectivity index (χ4v) is 6.43. The van der Waals surface area contributed by atoms with Crippen LogP contribution in [0, 0.1) is 0 Å². The molecule has 1 aromatic carbocycles. The van der Waals surface area contributed by atoms with Crippen LogP contribution in [-0.4, -0.2) is 66.5 Å². The van der Waals surface area contributed by atoms with E-state index < -0.39 is 5.60 Å². The highest BCUT2D eigenvalue weighted by atomic mass is 16.6. The number of pyridine rings is 1. The minimum absolute atomic E-state index is 0.0392. The summed E-state index contributed by atoms with van der Waals surface area (Å²) in [5.41, 5.74) is 2.13. The lowest BCUT2D eigenvalue weighted by atomic mass is 9.78. The van der Waals surface area contributed by atoms with Crippen molar-refractivity contribution in [3.05, 3.63) is 70.2 Å². The predicted molar refractivity (Wildman–Crippen MR) is 177 cm³/mol. The highest BCUT2D eigenvalue weighted by Crippen LogP contribution is 2.36. The average molecular weight is 639 g/mol. The van der Waals surface area contributed by atoms with E-state index in [4.69, 9.17) is 19.4 Å². The number of aromatic nitrogens is 5. The van der Waals surface area contributed by atoms with E-state index in [1.165, 1.54) is 6.20 Å². The van der Waals surface area contributed by atoms with Crippen molar-refractivity contribution in [2.75, 3.05) is 29.9 Å². The molecule has 0 saturated carbocycles. The Morgan fingerprint density at radius 2 is 1.91 bits per heavy atom. The maximum Gasteiger partial charge on any atom is 0.410 e. The lowest BCUT2D eigenvalue weighted by Gasteiger charge is -2.40. The summed E-state index contributed by atoms with van der Waals surface area (Å²) in [6.07, 6.45) is 6.63. The zero-order chi connectivity index (χ0) is 33.1. The molecule has 0 aliphatic carbocycles. The molecule has 2 amide bonds. The summed E-state index contributed by atoms with van der Waals surface area (Å²) in [7, 11) is 0. The number of rotatable bonds is 2. The van der Waals surface area contributed by atoms with Gasteiger partial charge in [0.15, 0.2) is 29.6 Å². The van der Waals surface area contributed by atoms with Crippen molar-refractivity contribution in [3.8, 4) is 11.6 Å². The number of anilines is 3. The molecular formula is C34H38N8O5. The molecule has 0 fully saturated rings. The monoisotopic (exact) mass is 638 g/mol. The molecule has 6 heterocycles. The van der Waals surface area contributed by atoms with Crippen LogP contribution in [-0.2, 0) is 28.0 Å². The van der Waals surface area contributed by atoms with Crippen LogP contribution in [0.1, 0.15) is 58.6 Å². The topological polar surface area (TPSA) is 137 Å². The Morgan fingerprint density at radius 3 is 2.72 bits per heavy atom. The summed E-state index contributed by atoms with van der Waals surface area (Å²) in [5, 5.41) is 3.63. The van der Waals surface area contributed by atoms with Gasteiger partial charge in [0.25, 0.3) is 11.5 Å². The molecule has 0 saturated heterocycles. The second-order valence-corrected chi connectivity index (χ2v) is 13.8. The van der Waals surface area contributed by atoms with E-state index in [2.05, 4.69) is 30.2 Å². The van der Waals surface area contributed by atoms with Crippen LogP contribution >= 0.6 is 0 Å². The molecule has 13 nitrogen and oxygen atoms in total. The van der Waals surface area contributed by atoms with E-state index in [9.17, 15) is 14.4 Å². The second-order valence-electron chi connectivity index (χ2n) is 13.8. The number of nitrogens with zero attached hydrogens (tertiary/aromatic N) is 7. The molecule has 4 aromatic rings. The van der Waals surface area contributed by atoms with E-state index >= 15 is 0 Å². The van der Waals surface area contributed by atoms with Gasteiger partial charge in [-0.05, 0) is 69.0 Å². The first-order valence-electron chi connectivity index (χ1n) is 15.8. The molecule has 0 atom stereocenters. The molecule has 244 valence electrons. The van der Waals surface area contributed by atoms with E-state index in [0.29, 0.717) is 54.6 Å². The Balaban J connectivity index is 1.27. The van der Waals surface area contributed by atoms with Crippen LogP contribution in [0.3, 0.4) is 0 Å². The van der Waals surface area contributed by atoms with Crippen LogP contribution < -0.4 is 20.5 Å². The van der Waals surface area contributed by atoms with Gasteiger partial charge in [0, 0.05) is 36.9 Å². The smallest absolute Gasteiger partial charge is 0.410 e. The Labute approximate surface area is 271 Å². The lowest BCUT2D eigenvalue weighted by Crippen LogP contribution is -2.46. The number of allylic oxidation sites excluding steroid dienone is 2. The van der Waals surface area contributed by atoms with Crippen LogP contribution in [0.15, 0.2) is 53.5 Å². The van der Waals surface area contributed by atoms with Crippen LogP contribution in [0.4, 0.5) is 22.2 Å². The highest BCUT2D eigenvalue weighted by molar-refractivity contribution is 5.96. The third-order valence-corrected chi connectivity index (χ3v) is 8.51. The minimum Gasteiger partial charge on any atom is -0.480 e. The molecule has 3 aromatic heterocycles. The summed E-state index contributed by atoms with van der Waals surface area (Å²) in [6.45, 7) is 11.6. The third-order valence-electron chi connectivity index (χ3n) is 8.51. The van der Waals surface area contributed by atoms with Crippen LogP contribution in [0.5, 0.6) is 5.75 Å². The first-order valence-corrected chi connectivity index (χ1v) is 15.8. The van der Waals surface area contributed by atoms with Crippen molar-refractivity contribution in [2.24, 2.45) is 0 Å². The van der Waals surface area contributed by atoms with Gasteiger partial charge in [-0.15, -0.1) is 0 Å². The molecule has 47 heavy (non-hydrogen) atoms. The largest absolute Gasteiger partial charge is 0.480 e. The number of fused-ring (bicyclic) bond motifs is 6. The second kappa shape index (κ2) is 11.2. The fourth-order valence-electron chi connectivity index (χ4n) is 6.43. The number of hydrogen-bond acceptors (Lipinski definition) is 9. The van der Waals surface area contributed by atoms with Gasteiger partial charge >= 0.3 is 6.09 Å². The number of amides is 2. The van der Waals surface area contributed by atoms with E-state index in [-0.39, 0.29) is 35.5 Å². The van der Waals surface area contributed by atoms with Gasteiger partial charge in [-0.1, -0.05) is 32.1 Å². The zero-order valence-corrected chi connectivity index (χ0v) is 27.2. The van der Waals surface area contributed by atoms with Crippen molar-refractivity contribution in [1.82, 2.24) is 29.2 Å². The number of ether oxygens (including phenoxy) is 2. The van der Waals surface area contributed by atoms with Gasteiger partial charge < -0.3 is 19.7 Å². The first-order chi connectivity index (χ1) is 22.4. The quantitative estimate of drug-likeness (QED) is 0.306. The predicted octanol–water partition coefficient (Wildman–Crippen LogP) is 4.82. The Morgan fingerprint density at radius 1 is 1.09 bits per heavy atom. The first kappa shape index (κ1) is 30.5.